The van der Waals surface area contributed by atoms with E-state index in [9.17, 15) is 29.2 Å². The third-order valence-corrected chi connectivity index (χ3v) is 14.9. The maximum absolute atomic E-state index is 14.4. The second-order valence-electron chi connectivity index (χ2n) is 21.0. The van der Waals surface area contributed by atoms with Crippen LogP contribution in [0.15, 0.2) is 72.2 Å². The van der Waals surface area contributed by atoms with Crippen molar-refractivity contribution in [2.75, 3.05) is 38.2 Å². The van der Waals surface area contributed by atoms with Gasteiger partial charge in [0.25, 0.3) is 5.91 Å². The number of anilines is 1. The number of benzene rings is 3. The molecular formula is C54H69ClN8O8S. The molecule has 2 heterocycles. The lowest BCUT2D eigenvalue weighted by Crippen LogP contribution is -2.74. The van der Waals surface area contributed by atoms with Crippen LogP contribution in [0.5, 0.6) is 5.75 Å². The lowest BCUT2D eigenvalue weighted by atomic mass is 9.49. The molecule has 4 aromatic rings. The molecule has 386 valence electrons. The van der Waals surface area contributed by atoms with E-state index >= 15 is 0 Å². The standard InChI is InChI=1S/C54H69ClN8O8S/c1-32(34-13-15-35(16-14-34)45-33(2)59-31-72-45)60-48(67)42-26-40(70-44(65)28-57)29-63(42)49(68)46(52(3,4)5)61-43(64)30-69-24-12-10-11-23-58-38-20-17-36(18-21-38)47(66)62-50-53(6,7)51(54(50,8)9)71-39-22-19-37(27-56)41(55)25-39/h13-22,25,31-32,40,42,46,50-51,58H,10-12,23-24,26,28-30,57H2,1-9H3,(H,60,67)(H,61,64)(H,62,66)/t32?,40-,42+,46-,50?,51?/m1/s1. The largest absolute Gasteiger partial charge is 0.489 e. The number of unbranched alkanes of at least 4 members (excludes halogenated alkanes) is 2. The van der Waals surface area contributed by atoms with Crippen molar-refractivity contribution in [1.29, 1.82) is 5.26 Å². The van der Waals surface area contributed by atoms with Crippen molar-refractivity contribution in [2.45, 2.75) is 124 Å². The number of aromatic nitrogens is 1. The summed E-state index contributed by atoms with van der Waals surface area (Å²) < 4.78 is 17.6. The predicted octanol–water partition coefficient (Wildman–Crippen LogP) is 7.73. The molecule has 3 aromatic carbocycles. The van der Waals surface area contributed by atoms with Crippen molar-refractivity contribution in [3.05, 3.63) is 99.6 Å². The fraction of sp³-hybridized carbons (Fsp3) is 0.500. The smallest absolute Gasteiger partial charge is 0.320 e. The molecule has 72 heavy (non-hydrogen) atoms. The van der Waals surface area contributed by atoms with Crippen molar-refractivity contribution < 1.29 is 38.2 Å². The molecule has 0 radical (unpaired) electrons. The lowest BCUT2D eigenvalue weighted by Gasteiger charge is -2.63. The topological polar surface area (TPSA) is 227 Å². The van der Waals surface area contributed by atoms with E-state index in [4.69, 9.17) is 31.5 Å². The van der Waals surface area contributed by atoms with Gasteiger partial charge in [0.2, 0.25) is 17.7 Å². The van der Waals surface area contributed by atoms with E-state index in [0.29, 0.717) is 41.5 Å². The van der Waals surface area contributed by atoms with Gasteiger partial charge in [-0.25, -0.2) is 4.98 Å². The summed E-state index contributed by atoms with van der Waals surface area (Å²) in [6.45, 7) is 18.0. The Morgan fingerprint density at radius 2 is 1.67 bits per heavy atom. The first-order valence-corrected chi connectivity index (χ1v) is 25.7. The molecule has 1 aliphatic carbocycles. The van der Waals surface area contributed by atoms with Crippen LogP contribution < -0.4 is 31.7 Å². The molecule has 1 aliphatic heterocycles. The number of esters is 1. The van der Waals surface area contributed by atoms with Crippen LogP contribution in [0, 0.1) is 34.5 Å². The van der Waals surface area contributed by atoms with Crippen LogP contribution in [0.2, 0.25) is 5.02 Å². The van der Waals surface area contributed by atoms with E-state index in [2.05, 4.69) is 60.0 Å². The first kappa shape index (κ1) is 55.3. The number of nitrogens with two attached hydrogens (primary N) is 1. The molecule has 1 aromatic heterocycles. The van der Waals surface area contributed by atoms with E-state index in [1.165, 1.54) is 4.90 Å². The summed E-state index contributed by atoms with van der Waals surface area (Å²) >= 11 is 7.80. The number of ether oxygens (including phenoxy) is 3. The highest BCUT2D eigenvalue weighted by atomic mass is 35.5. The molecule has 18 heteroatoms. The quantitative estimate of drug-likeness (QED) is 0.0399. The number of nitrogens with zero attached hydrogens (tertiary/aromatic N) is 3. The Hall–Kier alpha value is -6.06. The third-order valence-electron chi connectivity index (χ3n) is 13.6. The van der Waals surface area contributed by atoms with Crippen molar-refractivity contribution in [3.63, 3.8) is 0 Å². The summed E-state index contributed by atoms with van der Waals surface area (Å²) in [7, 11) is 0. The number of carbonyl (C=O) groups excluding carboxylic acids is 5. The summed E-state index contributed by atoms with van der Waals surface area (Å²) in [4.78, 5) is 74.0. The Balaban J connectivity index is 0.922. The number of rotatable bonds is 21. The highest BCUT2D eigenvalue weighted by molar-refractivity contribution is 7.13. The summed E-state index contributed by atoms with van der Waals surface area (Å²) in [5.74, 6) is -1.59. The molecule has 4 amide bonds. The van der Waals surface area contributed by atoms with Gasteiger partial charge in [0.15, 0.2) is 0 Å². The minimum Gasteiger partial charge on any atom is -0.489 e. The highest BCUT2D eigenvalue weighted by Crippen LogP contribution is 2.55. The number of amides is 4. The van der Waals surface area contributed by atoms with Gasteiger partial charge in [-0.2, -0.15) is 5.26 Å². The SMILES string of the molecule is Cc1ncsc1-c1ccc(C(C)NC(=O)[C@@H]2C[C@@H](OC(=O)CN)CN2C(=O)[C@@H](NC(=O)COCCCCCNc2ccc(C(=O)NC3C(C)(C)C(Oc4ccc(C#N)c(Cl)c4)C3(C)C)cc2)C(C)(C)C)cc1. The van der Waals surface area contributed by atoms with Crippen LogP contribution in [0.25, 0.3) is 10.4 Å². The van der Waals surface area contributed by atoms with E-state index in [0.717, 1.165) is 40.2 Å². The molecule has 6 rings (SSSR count). The van der Waals surface area contributed by atoms with Crippen LogP contribution in [-0.4, -0.2) is 103 Å². The number of nitrogens with one attached hydrogen (secondary N) is 4. The minimum absolute atomic E-state index is 0.0356. The summed E-state index contributed by atoms with van der Waals surface area (Å²) in [5.41, 5.74) is 10.5. The summed E-state index contributed by atoms with van der Waals surface area (Å²) in [5, 5.41) is 22.1. The van der Waals surface area contributed by atoms with Gasteiger partial charge in [0.1, 0.15) is 42.7 Å². The van der Waals surface area contributed by atoms with Crippen LogP contribution in [0.3, 0.4) is 0 Å². The monoisotopic (exact) mass is 1020 g/mol. The first-order chi connectivity index (χ1) is 34.0. The van der Waals surface area contributed by atoms with Gasteiger partial charge in [0, 0.05) is 53.8 Å². The number of thiazole rings is 1. The summed E-state index contributed by atoms with van der Waals surface area (Å²) in [6.07, 6.45) is 1.48. The highest BCUT2D eigenvalue weighted by Gasteiger charge is 2.64. The van der Waals surface area contributed by atoms with Gasteiger partial charge in [-0.05, 0) is 86.1 Å². The normalized spacial score (nSPS) is 19.7. The van der Waals surface area contributed by atoms with Crippen molar-refractivity contribution >= 4 is 58.2 Å². The maximum atomic E-state index is 14.4. The molecular weight excluding hydrogens is 956 g/mol. The van der Waals surface area contributed by atoms with Crippen molar-refractivity contribution in [1.82, 2.24) is 25.8 Å². The number of halogens is 1. The molecule has 4 atom stereocenters. The van der Waals surface area contributed by atoms with Crippen LogP contribution in [0.4, 0.5) is 5.69 Å². The number of aryl methyl sites for hydroxylation is 1. The van der Waals surface area contributed by atoms with Gasteiger partial charge >= 0.3 is 5.97 Å². The van der Waals surface area contributed by atoms with Crippen molar-refractivity contribution in [2.24, 2.45) is 22.0 Å². The third kappa shape index (κ3) is 13.3. The predicted molar refractivity (Wildman–Crippen MR) is 278 cm³/mol. The van der Waals surface area contributed by atoms with E-state index in [1.54, 1.807) is 47.2 Å². The Kier molecular flexibility index (Phi) is 18.2. The zero-order valence-corrected chi connectivity index (χ0v) is 44.3. The zero-order chi connectivity index (χ0) is 52.5. The molecule has 1 saturated carbocycles. The molecule has 1 unspecified atom stereocenters. The van der Waals surface area contributed by atoms with Gasteiger partial charge in [-0.15, -0.1) is 11.3 Å². The number of likely N-dealkylation sites (tertiary alicyclic amines) is 1. The van der Waals surface area contributed by atoms with Crippen LogP contribution in [0.1, 0.15) is 114 Å². The second kappa shape index (κ2) is 23.7. The molecule has 0 bridgehead atoms. The first-order valence-electron chi connectivity index (χ1n) is 24.4. The fourth-order valence-electron chi connectivity index (χ4n) is 9.97. The Morgan fingerprint density at radius 3 is 2.28 bits per heavy atom. The summed E-state index contributed by atoms with van der Waals surface area (Å²) in [6, 6.07) is 19.8. The maximum Gasteiger partial charge on any atom is 0.320 e. The molecule has 6 N–H and O–H groups in total. The number of carbonyl (C=O) groups is 5. The van der Waals surface area contributed by atoms with Gasteiger partial charge in [-0.3, -0.25) is 24.0 Å². The molecule has 1 saturated heterocycles. The second-order valence-corrected chi connectivity index (χ2v) is 22.2. The Morgan fingerprint density at radius 1 is 0.972 bits per heavy atom. The zero-order valence-electron chi connectivity index (χ0n) is 42.7. The fourth-order valence-corrected chi connectivity index (χ4v) is 11.0. The number of nitriles is 1. The van der Waals surface area contributed by atoms with Crippen LogP contribution >= 0.6 is 22.9 Å². The molecule has 0 spiro atoms. The van der Waals surface area contributed by atoms with E-state index < -0.39 is 53.3 Å². The molecule has 2 fully saturated rings. The Bertz CT molecular complexity index is 2590. The average molecular weight is 1030 g/mol. The lowest BCUT2D eigenvalue weighted by molar-refractivity contribution is -0.164. The van der Waals surface area contributed by atoms with Gasteiger partial charge in [0.05, 0.1) is 45.8 Å². The molecule has 2 aliphatic rings. The van der Waals surface area contributed by atoms with Gasteiger partial charge in [-0.1, -0.05) is 84.3 Å². The average Bonchev–Trinajstić information content (AvgIpc) is 3.98. The number of hydrogen-bond acceptors (Lipinski definition) is 13. The minimum atomic E-state index is -1.01. The van der Waals surface area contributed by atoms with Crippen molar-refractivity contribution in [3.8, 4) is 22.3 Å². The molecule has 16 nitrogen and oxygen atoms in total. The Labute approximate surface area is 432 Å². The van der Waals surface area contributed by atoms with E-state index in [-0.39, 0.29) is 55.0 Å². The van der Waals surface area contributed by atoms with Crippen LogP contribution in [-0.2, 0) is 28.7 Å². The van der Waals surface area contributed by atoms with E-state index in [1.807, 2.05) is 71.0 Å². The number of hydrogen-bond donors (Lipinski definition) is 5. The van der Waals surface area contributed by atoms with Gasteiger partial charge < -0.3 is 46.1 Å².